The molecule has 4 rings (SSSR count). The first-order valence-electron chi connectivity index (χ1n) is 10.6. The van der Waals surface area contributed by atoms with E-state index in [9.17, 15) is 18.4 Å². The number of rotatable bonds is 4. The molecule has 1 aromatic carbocycles. The summed E-state index contributed by atoms with van der Waals surface area (Å²) in [6.07, 6.45) is 2.51. The molecular weight excluding hydrogens is 419 g/mol. The predicted molar refractivity (Wildman–Crippen MR) is 115 cm³/mol. The molecular formula is C24H24F3N3O2. The number of fused-ring (bicyclic) bond motifs is 1. The predicted octanol–water partition coefficient (Wildman–Crippen LogP) is 4.78. The van der Waals surface area contributed by atoms with E-state index in [0.717, 1.165) is 6.07 Å². The van der Waals surface area contributed by atoms with Crippen molar-refractivity contribution < 1.29 is 18.0 Å². The Labute approximate surface area is 182 Å². The fourth-order valence-corrected chi connectivity index (χ4v) is 4.95. The van der Waals surface area contributed by atoms with Crippen LogP contribution in [0, 0.1) is 18.6 Å². The lowest BCUT2D eigenvalue weighted by Gasteiger charge is -2.40. The Kier molecular flexibility index (Phi) is 5.56. The lowest BCUT2D eigenvalue weighted by Crippen LogP contribution is -2.34. The highest BCUT2D eigenvalue weighted by atomic mass is 19.2. The molecule has 0 radical (unpaired) electrons. The maximum absolute atomic E-state index is 15.5. The quantitative estimate of drug-likeness (QED) is 0.608. The number of amides is 1. The number of primary amides is 1. The van der Waals surface area contributed by atoms with Gasteiger partial charge in [0.25, 0.3) is 5.91 Å². The van der Waals surface area contributed by atoms with Gasteiger partial charge in [-0.2, -0.15) is 0 Å². The number of aromatic amines is 1. The third kappa shape index (κ3) is 3.67. The molecule has 1 aliphatic carbocycles. The zero-order valence-corrected chi connectivity index (χ0v) is 17.8. The van der Waals surface area contributed by atoms with Crippen molar-refractivity contribution in [2.24, 2.45) is 5.73 Å². The Hall–Kier alpha value is -3.16. The van der Waals surface area contributed by atoms with Crippen LogP contribution in [-0.2, 0) is 0 Å². The largest absolute Gasteiger partial charge is 0.364 e. The summed E-state index contributed by atoms with van der Waals surface area (Å²) in [4.78, 5) is 31.7. The van der Waals surface area contributed by atoms with Crippen LogP contribution in [0.4, 0.5) is 13.2 Å². The van der Waals surface area contributed by atoms with Crippen molar-refractivity contribution in [2.45, 2.75) is 57.0 Å². The zero-order chi connectivity index (χ0) is 23.2. The maximum Gasteiger partial charge on any atom is 0.268 e. The van der Waals surface area contributed by atoms with Gasteiger partial charge in [0.05, 0.1) is 10.9 Å². The van der Waals surface area contributed by atoms with E-state index in [4.69, 9.17) is 5.73 Å². The van der Waals surface area contributed by atoms with E-state index in [1.807, 2.05) is 0 Å². The van der Waals surface area contributed by atoms with Crippen molar-refractivity contribution in [3.05, 3.63) is 74.8 Å². The Balaban J connectivity index is 1.89. The Morgan fingerprint density at radius 2 is 2.03 bits per heavy atom. The summed E-state index contributed by atoms with van der Waals surface area (Å²) in [5, 5.41) is 0.0714. The summed E-state index contributed by atoms with van der Waals surface area (Å²) in [5.74, 6) is -3.46. The first-order valence-corrected chi connectivity index (χ1v) is 10.6. The molecule has 1 aliphatic rings. The molecule has 8 heteroatoms. The Bertz CT molecular complexity index is 1270. The highest BCUT2D eigenvalue weighted by Gasteiger charge is 2.42. The van der Waals surface area contributed by atoms with Crippen molar-refractivity contribution >= 4 is 16.8 Å². The summed E-state index contributed by atoms with van der Waals surface area (Å²) in [7, 11) is 0. The zero-order valence-electron chi connectivity index (χ0n) is 17.8. The molecule has 1 amide bonds. The lowest BCUT2D eigenvalue weighted by molar-refractivity contribution is 0.0795. The van der Waals surface area contributed by atoms with Crippen LogP contribution >= 0.6 is 0 Å². The van der Waals surface area contributed by atoms with Crippen LogP contribution in [0.1, 0.15) is 71.8 Å². The fraction of sp³-hybridized carbons (Fsp3) is 0.375. The number of hydrogen-bond acceptors (Lipinski definition) is 3. The molecule has 2 heterocycles. The van der Waals surface area contributed by atoms with Crippen molar-refractivity contribution in [1.82, 2.24) is 9.97 Å². The van der Waals surface area contributed by atoms with E-state index in [-0.39, 0.29) is 35.4 Å². The molecule has 32 heavy (non-hydrogen) atoms. The molecule has 5 nitrogen and oxygen atoms in total. The summed E-state index contributed by atoms with van der Waals surface area (Å²) < 4.78 is 43.5. The van der Waals surface area contributed by atoms with Crippen LogP contribution in [0.3, 0.4) is 0 Å². The lowest BCUT2D eigenvalue weighted by atomic mass is 9.67. The first-order chi connectivity index (χ1) is 15.1. The number of nitrogens with two attached hydrogens (primary N) is 1. The van der Waals surface area contributed by atoms with Gasteiger partial charge in [-0.15, -0.1) is 0 Å². The number of benzene rings is 1. The van der Waals surface area contributed by atoms with Gasteiger partial charge in [-0.25, -0.2) is 13.2 Å². The molecule has 1 saturated carbocycles. The molecule has 2 aromatic heterocycles. The van der Waals surface area contributed by atoms with E-state index in [0.29, 0.717) is 29.6 Å². The number of aromatic nitrogens is 2. The Morgan fingerprint density at radius 1 is 1.28 bits per heavy atom. The second-order valence-corrected chi connectivity index (χ2v) is 8.57. The van der Waals surface area contributed by atoms with Gasteiger partial charge in [0.15, 0.2) is 17.1 Å². The van der Waals surface area contributed by atoms with Gasteiger partial charge in [-0.3, -0.25) is 14.6 Å². The van der Waals surface area contributed by atoms with E-state index >= 15 is 4.39 Å². The number of hydrogen-bond donors (Lipinski definition) is 2. The molecule has 3 atom stereocenters. The number of H-pyrrole nitrogens is 1. The van der Waals surface area contributed by atoms with Crippen LogP contribution in [0.15, 0.2) is 35.3 Å². The van der Waals surface area contributed by atoms with E-state index in [1.165, 1.54) is 25.3 Å². The molecule has 0 saturated heterocycles. The van der Waals surface area contributed by atoms with Crippen LogP contribution in [0.5, 0.6) is 0 Å². The first kappa shape index (κ1) is 22.0. The molecule has 0 spiro atoms. The molecule has 0 bridgehead atoms. The number of pyridine rings is 2. The van der Waals surface area contributed by atoms with Crippen molar-refractivity contribution in [1.29, 1.82) is 0 Å². The maximum atomic E-state index is 15.5. The highest BCUT2D eigenvalue weighted by Crippen LogP contribution is 2.50. The second-order valence-electron chi connectivity index (χ2n) is 8.57. The highest BCUT2D eigenvalue weighted by molar-refractivity contribution is 6.03. The molecule has 1 fully saturated rings. The molecule has 3 N–H and O–H groups in total. The number of carbonyl (C=O) groups is 1. The van der Waals surface area contributed by atoms with Gasteiger partial charge in [0.1, 0.15) is 11.4 Å². The SMILES string of the molecule is CC[C@]1(F)CC[C@@H](c2ccc(F)c(F)c2C)C(c2cc(=O)c3c(C(N)=O)nccc3[nH]2)C1. The van der Waals surface area contributed by atoms with Gasteiger partial charge in [0, 0.05) is 23.9 Å². The third-order valence-corrected chi connectivity index (χ3v) is 6.78. The Morgan fingerprint density at radius 3 is 2.72 bits per heavy atom. The summed E-state index contributed by atoms with van der Waals surface area (Å²) in [5.41, 5.74) is 4.95. The van der Waals surface area contributed by atoms with Crippen LogP contribution < -0.4 is 11.2 Å². The van der Waals surface area contributed by atoms with Crippen LogP contribution in [0.25, 0.3) is 10.9 Å². The monoisotopic (exact) mass is 443 g/mol. The normalized spacial score (nSPS) is 23.4. The molecule has 168 valence electrons. The topological polar surface area (TPSA) is 88.8 Å². The standard InChI is InChI=1S/C24H24F3N3O2/c1-3-24(27)8-6-14(13-4-5-16(25)21(26)12(13)2)15(11-24)18-10-19(31)20-17(30-18)7-9-29-22(20)23(28)32/h4-5,7,9-10,14-15H,3,6,8,11H2,1-2H3,(H2,28,32)(H,30,31)/t14-,15?,24-/m0/s1. The molecule has 0 aliphatic heterocycles. The van der Waals surface area contributed by atoms with Crippen LogP contribution in [-0.4, -0.2) is 21.5 Å². The van der Waals surface area contributed by atoms with Crippen molar-refractivity contribution in [3.63, 3.8) is 0 Å². The molecule has 1 unspecified atom stereocenters. The number of nitrogens with one attached hydrogen (secondary N) is 1. The van der Waals surface area contributed by atoms with E-state index < -0.39 is 34.6 Å². The van der Waals surface area contributed by atoms with E-state index in [1.54, 1.807) is 13.0 Å². The summed E-state index contributed by atoms with van der Waals surface area (Å²) in [6.45, 7) is 3.28. The number of nitrogens with zero attached hydrogens (tertiary/aromatic N) is 1. The second kappa shape index (κ2) is 8.07. The number of alkyl halides is 1. The molecule has 3 aromatic rings. The minimum atomic E-state index is -1.43. The fourth-order valence-electron chi connectivity index (χ4n) is 4.95. The van der Waals surface area contributed by atoms with Gasteiger partial charge in [-0.05, 0) is 61.8 Å². The summed E-state index contributed by atoms with van der Waals surface area (Å²) in [6, 6.07) is 5.51. The average Bonchev–Trinajstić information content (AvgIpc) is 2.77. The average molecular weight is 443 g/mol. The third-order valence-electron chi connectivity index (χ3n) is 6.78. The van der Waals surface area contributed by atoms with E-state index in [2.05, 4.69) is 9.97 Å². The van der Waals surface area contributed by atoms with Crippen molar-refractivity contribution in [3.8, 4) is 0 Å². The smallest absolute Gasteiger partial charge is 0.268 e. The van der Waals surface area contributed by atoms with Gasteiger partial charge < -0.3 is 10.7 Å². The van der Waals surface area contributed by atoms with Gasteiger partial charge >= 0.3 is 0 Å². The van der Waals surface area contributed by atoms with Gasteiger partial charge in [-0.1, -0.05) is 13.0 Å². The minimum absolute atomic E-state index is 0.0714. The van der Waals surface area contributed by atoms with Crippen molar-refractivity contribution in [2.75, 3.05) is 0 Å². The minimum Gasteiger partial charge on any atom is -0.364 e. The van der Waals surface area contributed by atoms with Crippen LogP contribution in [0.2, 0.25) is 0 Å². The van der Waals surface area contributed by atoms with Gasteiger partial charge in [0.2, 0.25) is 0 Å². The number of carbonyl (C=O) groups excluding carboxylic acids is 1. The number of halogens is 3. The summed E-state index contributed by atoms with van der Waals surface area (Å²) >= 11 is 0.